The molecule has 10 nitrogen and oxygen atoms in total. The molecule has 0 aliphatic carbocycles. The minimum atomic E-state index is -0.561. The minimum Gasteiger partial charge on any atom is -0.493 e. The average molecular weight is 432 g/mol. The number of nitrogens with two attached hydrogens (primary N) is 1. The number of furan rings is 1. The number of nitrogens with zero attached hydrogens (tertiary/aromatic N) is 2. The molecule has 0 amide bonds. The third kappa shape index (κ3) is 5.00. The average Bonchev–Trinajstić information content (AvgIpc) is 3.40. The summed E-state index contributed by atoms with van der Waals surface area (Å²) in [4.78, 5) is 15.6. The first-order chi connectivity index (χ1) is 14.5. The first kappa shape index (κ1) is 21.0. The van der Waals surface area contributed by atoms with Crippen LogP contribution in [0.1, 0.15) is 21.9 Å². The quantitative estimate of drug-likeness (QED) is 0.297. The Morgan fingerprint density at radius 3 is 2.60 bits per heavy atom. The Labute approximate surface area is 176 Å². The van der Waals surface area contributed by atoms with Crippen molar-refractivity contribution >= 4 is 34.5 Å². The van der Waals surface area contributed by atoms with Crippen LogP contribution < -0.4 is 25.4 Å². The van der Waals surface area contributed by atoms with E-state index in [-0.39, 0.29) is 12.4 Å². The summed E-state index contributed by atoms with van der Waals surface area (Å²) in [5.74, 6) is 1.66. The number of methoxy groups -OCH3 is 3. The molecule has 0 aliphatic rings. The maximum Gasteiger partial charge on any atom is 0.373 e. The number of carbonyl (C=O) groups excluding carboxylic acids is 1. The fraction of sp³-hybridized carbons (Fsp3) is 0.211. The number of nitrogen functional groups attached to an aromatic ring is 1. The van der Waals surface area contributed by atoms with Crippen molar-refractivity contribution < 1.29 is 28.2 Å². The lowest BCUT2D eigenvalue weighted by Crippen LogP contribution is -2.01. The zero-order valence-electron chi connectivity index (χ0n) is 16.5. The normalized spacial score (nSPS) is 10.8. The number of carbonyl (C=O) groups is 1. The molecule has 0 unspecified atom stereocenters. The molecule has 3 aromatic rings. The zero-order valence-corrected chi connectivity index (χ0v) is 17.3. The lowest BCUT2D eigenvalue weighted by atomic mass is 10.2. The molecule has 0 spiro atoms. The van der Waals surface area contributed by atoms with Crippen LogP contribution >= 0.6 is 11.3 Å². The number of anilines is 2. The van der Waals surface area contributed by atoms with Gasteiger partial charge in [0.15, 0.2) is 11.5 Å². The number of hydrogen-bond acceptors (Lipinski definition) is 11. The van der Waals surface area contributed by atoms with E-state index in [1.807, 2.05) is 0 Å². The number of ether oxygens (including phenoxy) is 4. The molecule has 11 heteroatoms. The Morgan fingerprint density at radius 2 is 2.00 bits per heavy atom. The van der Waals surface area contributed by atoms with E-state index < -0.39 is 5.97 Å². The van der Waals surface area contributed by atoms with Crippen LogP contribution in [0.2, 0.25) is 0 Å². The Bertz CT molecular complexity index is 1020. The molecule has 1 aromatic carbocycles. The minimum absolute atomic E-state index is 0.0597. The van der Waals surface area contributed by atoms with Gasteiger partial charge in [-0.1, -0.05) is 0 Å². The van der Waals surface area contributed by atoms with Gasteiger partial charge in [0.1, 0.15) is 18.2 Å². The molecule has 0 aliphatic heterocycles. The maximum atomic E-state index is 11.5. The van der Waals surface area contributed by atoms with Crippen LogP contribution in [0.15, 0.2) is 39.2 Å². The summed E-state index contributed by atoms with van der Waals surface area (Å²) in [6.07, 6.45) is 1.58. The number of thiazole rings is 1. The molecule has 0 saturated carbocycles. The van der Waals surface area contributed by atoms with Crippen LogP contribution in [0, 0.1) is 0 Å². The Balaban J connectivity index is 1.74. The largest absolute Gasteiger partial charge is 0.493 e. The molecule has 158 valence electrons. The van der Waals surface area contributed by atoms with E-state index in [1.165, 1.54) is 38.7 Å². The monoisotopic (exact) mass is 432 g/mol. The van der Waals surface area contributed by atoms with E-state index >= 15 is 0 Å². The van der Waals surface area contributed by atoms with Crippen LogP contribution in [-0.4, -0.2) is 38.5 Å². The summed E-state index contributed by atoms with van der Waals surface area (Å²) in [6, 6.07) is 6.62. The summed E-state index contributed by atoms with van der Waals surface area (Å²) in [5, 5.41) is 6.42. The second-order valence-electron chi connectivity index (χ2n) is 5.75. The highest BCUT2D eigenvalue weighted by Gasteiger charge is 2.16. The fourth-order valence-electron chi connectivity index (χ4n) is 2.43. The third-order valence-electron chi connectivity index (χ3n) is 3.79. The van der Waals surface area contributed by atoms with Crippen molar-refractivity contribution in [1.29, 1.82) is 0 Å². The molecule has 0 fully saturated rings. The van der Waals surface area contributed by atoms with Gasteiger partial charge in [-0.05, 0) is 24.3 Å². The molecule has 0 bridgehead atoms. The molecule has 3 rings (SSSR count). The number of rotatable bonds is 9. The van der Waals surface area contributed by atoms with Crippen LogP contribution in [-0.2, 0) is 11.3 Å². The third-order valence-corrected chi connectivity index (χ3v) is 4.55. The zero-order chi connectivity index (χ0) is 21.5. The fourth-order valence-corrected chi connectivity index (χ4v) is 2.97. The van der Waals surface area contributed by atoms with Gasteiger partial charge in [0.25, 0.3) is 0 Å². The van der Waals surface area contributed by atoms with Crippen molar-refractivity contribution in [3.05, 3.63) is 46.7 Å². The van der Waals surface area contributed by atoms with E-state index in [1.54, 1.807) is 29.8 Å². The summed E-state index contributed by atoms with van der Waals surface area (Å²) >= 11 is 1.34. The first-order valence-corrected chi connectivity index (χ1v) is 9.48. The summed E-state index contributed by atoms with van der Waals surface area (Å²) < 4.78 is 26.7. The molecule has 30 heavy (non-hydrogen) atoms. The predicted molar refractivity (Wildman–Crippen MR) is 112 cm³/mol. The highest BCUT2D eigenvalue weighted by atomic mass is 32.1. The van der Waals surface area contributed by atoms with Crippen LogP contribution in [0.3, 0.4) is 0 Å². The SMILES string of the molecule is COC(=O)c1ccc(COc2c(OC)cc(C=NNc3nc(N)cs3)cc2OC)o1. The Kier molecular flexibility index (Phi) is 6.75. The number of aromatic nitrogens is 1. The van der Waals surface area contributed by atoms with Gasteiger partial charge in [0.2, 0.25) is 16.6 Å². The summed E-state index contributed by atoms with van der Waals surface area (Å²) in [5.41, 5.74) is 9.09. The molecule has 0 radical (unpaired) electrons. The topological polar surface area (TPSA) is 130 Å². The van der Waals surface area contributed by atoms with Crippen molar-refractivity contribution in [2.24, 2.45) is 5.10 Å². The maximum absolute atomic E-state index is 11.5. The molecule has 0 saturated heterocycles. The van der Waals surface area contributed by atoms with Crippen molar-refractivity contribution in [2.75, 3.05) is 32.5 Å². The smallest absolute Gasteiger partial charge is 0.373 e. The van der Waals surface area contributed by atoms with Gasteiger partial charge in [-0.2, -0.15) is 5.10 Å². The van der Waals surface area contributed by atoms with Crippen LogP contribution in [0.5, 0.6) is 17.2 Å². The van der Waals surface area contributed by atoms with Gasteiger partial charge in [0, 0.05) is 10.9 Å². The molecule has 2 aromatic heterocycles. The highest BCUT2D eigenvalue weighted by molar-refractivity contribution is 7.14. The molecule has 0 atom stereocenters. The molecular formula is C19H20N4O6S. The van der Waals surface area contributed by atoms with Crippen molar-refractivity contribution in [3.63, 3.8) is 0 Å². The van der Waals surface area contributed by atoms with E-state index in [0.717, 1.165) is 0 Å². The standard InChI is InChI=1S/C19H20N4O6S/c1-25-14-6-11(8-21-23-19-22-16(20)10-30-19)7-15(26-2)17(14)28-9-12-4-5-13(29-12)18(24)27-3/h4-8,10H,9,20H2,1-3H3,(H,22,23). The van der Waals surface area contributed by atoms with Crippen LogP contribution in [0.25, 0.3) is 0 Å². The second-order valence-corrected chi connectivity index (χ2v) is 6.61. The highest BCUT2D eigenvalue weighted by Crippen LogP contribution is 2.38. The lowest BCUT2D eigenvalue weighted by Gasteiger charge is -2.14. The lowest BCUT2D eigenvalue weighted by molar-refractivity contribution is 0.0560. The summed E-state index contributed by atoms with van der Waals surface area (Å²) in [7, 11) is 4.31. The van der Waals surface area contributed by atoms with Gasteiger partial charge < -0.3 is 29.1 Å². The predicted octanol–water partition coefficient (Wildman–Crippen LogP) is 3.15. The van der Waals surface area contributed by atoms with Crippen molar-refractivity contribution in [1.82, 2.24) is 4.98 Å². The van der Waals surface area contributed by atoms with Gasteiger partial charge in [-0.15, -0.1) is 11.3 Å². The number of esters is 1. The van der Waals surface area contributed by atoms with Gasteiger partial charge in [0.05, 0.1) is 27.5 Å². The summed E-state index contributed by atoms with van der Waals surface area (Å²) in [6.45, 7) is 0.0597. The van der Waals surface area contributed by atoms with E-state index in [4.69, 9.17) is 24.4 Å². The van der Waals surface area contributed by atoms with Gasteiger partial charge in [-0.3, -0.25) is 5.43 Å². The first-order valence-electron chi connectivity index (χ1n) is 8.60. The van der Waals surface area contributed by atoms with E-state index in [0.29, 0.717) is 39.5 Å². The molecule has 2 heterocycles. The number of hydrazone groups is 1. The Morgan fingerprint density at radius 1 is 1.27 bits per heavy atom. The molecular weight excluding hydrogens is 412 g/mol. The van der Waals surface area contributed by atoms with Gasteiger partial charge in [-0.25, -0.2) is 9.78 Å². The van der Waals surface area contributed by atoms with Gasteiger partial charge >= 0.3 is 5.97 Å². The van der Waals surface area contributed by atoms with Crippen molar-refractivity contribution in [2.45, 2.75) is 6.61 Å². The molecule has 3 N–H and O–H groups in total. The van der Waals surface area contributed by atoms with Crippen molar-refractivity contribution in [3.8, 4) is 17.2 Å². The van der Waals surface area contributed by atoms with E-state index in [9.17, 15) is 4.79 Å². The van der Waals surface area contributed by atoms with E-state index in [2.05, 4.69) is 20.2 Å². The second kappa shape index (κ2) is 9.65. The number of hydrogen-bond donors (Lipinski definition) is 2. The number of nitrogens with one attached hydrogen (secondary N) is 1. The van der Waals surface area contributed by atoms with Crippen LogP contribution in [0.4, 0.5) is 10.9 Å². The Hall–Kier alpha value is -3.73. The number of benzene rings is 1.